The van der Waals surface area contributed by atoms with E-state index in [1.54, 1.807) is 6.20 Å². The number of rotatable bonds is 6. The van der Waals surface area contributed by atoms with Crippen molar-refractivity contribution in [1.29, 1.82) is 5.26 Å². The standard InChI is InChI=1S/C16H17N3O/c1-13(14-6-4-9-18-11-14)19-12-15-5-2-3-7-16(15)20-10-8-17/h2-7,9,11,13,19H,10,12H2,1H3/t13-/m0/s1. The molecule has 1 atom stereocenters. The van der Waals surface area contributed by atoms with Crippen LogP contribution in [-0.2, 0) is 6.54 Å². The number of para-hydroxylation sites is 1. The Kier molecular flexibility index (Phi) is 5.10. The molecule has 4 nitrogen and oxygen atoms in total. The molecule has 1 N–H and O–H groups in total. The normalized spacial score (nSPS) is 11.6. The number of hydrogen-bond acceptors (Lipinski definition) is 4. The highest BCUT2D eigenvalue weighted by Crippen LogP contribution is 2.19. The van der Waals surface area contributed by atoms with E-state index in [0.717, 1.165) is 16.9 Å². The van der Waals surface area contributed by atoms with Crippen LogP contribution in [0.2, 0.25) is 0 Å². The van der Waals surface area contributed by atoms with Gasteiger partial charge in [0.25, 0.3) is 0 Å². The van der Waals surface area contributed by atoms with Gasteiger partial charge in [0.1, 0.15) is 11.8 Å². The Morgan fingerprint density at radius 1 is 1.30 bits per heavy atom. The Labute approximate surface area is 119 Å². The second-order valence-corrected chi connectivity index (χ2v) is 4.44. The number of pyridine rings is 1. The van der Waals surface area contributed by atoms with Crippen LogP contribution in [0, 0.1) is 11.3 Å². The molecule has 2 rings (SSSR count). The maximum absolute atomic E-state index is 8.59. The molecule has 102 valence electrons. The molecule has 0 aliphatic heterocycles. The van der Waals surface area contributed by atoms with Crippen molar-refractivity contribution in [2.75, 3.05) is 6.61 Å². The molecule has 1 heterocycles. The van der Waals surface area contributed by atoms with Gasteiger partial charge in [-0.2, -0.15) is 5.26 Å². The summed E-state index contributed by atoms with van der Waals surface area (Å²) < 4.78 is 5.41. The molecule has 0 bridgehead atoms. The zero-order chi connectivity index (χ0) is 14.2. The molecular formula is C16H17N3O. The molecule has 20 heavy (non-hydrogen) atoms. The molecule has 0 saturated heterocycles. The molecular weight excluding hydrogens is 250 g/mol. The number of ether oxygens (including phenoxy) is 1. The number of nitrogens with one attached hydrogen (secondary N) is 1. The monoisotopic (exact) mass is 267 g/mol. The quantitative estimate of drug-likeness (QED) is 0.874. The maximum Gasteiger partial charge on any atom is 0.174 e. The molecule has 2 aromatic rings. The van der Waals surface area contributed by atoms with Gasteiger partial charge in [0.15, 0.2) is 6.61 Å². The Bertz CT molecular complexity index is 578. The fraction of sp³-hybridized carbons (Fsp3) is 0.250. The van der Waals surface area contributed by atoms with Gasteiger partial charge in [-0.1, -0.05) is 24.3 Å². The molecule has 0 unspecified atom stereocenters. The van der Waals surface area contributed by atoms with Gasteiger partial charge in [-0.3, -0.25) is 4.98 Å². The maximum atomic E-state index is 8.59. The van der Waals surface area contributed by atoms with Crippen LogP contribution >= 0.6 is 0 Å². The Morgan fingerprint density at radius 3 is 2.90 bits per heavy atom. The van der Waals surface area contributed by atoms with Crippen molar-refractivity contribution in [2.24, 2.45) is 0 Å². The molecule has 0 spiro atoms. The molecule has 0 amide bonds. The van der Waals surface area contributed by atoms with Crippen molar-refractivity contribution >= 4 is 0 Å². The summed E-state index contributed by atoms with van der Waals surface area (Å²) in [5, 5.41) is 12.0. The minimum absolute atomic E-state index is 0.0647. The van der Waals surface area contributed by atoms with Gasteiger partial charge in [-0.05, 0) is 24.6 Å². The first-order valence-electron chi connectivity index (χ1n) is 6.52. The van der Waals surface area contributed by atoms with E-state index in [1.165, 1.54) is 0 Å². The third-order valence-electron chi connectivity index (χ3n) is 3.05. The van der Waals surface area contributed by atoms with Crippen LogP contribution in [0.5, 0.6) is 5.75 Å². The van der Waals surface area contributed by atoms with E-state index in [9.17, 15) is 0 Å². The smallest absolute Gasteiger partial charge is 0.174 e. The highest BCUT2D eigenvalue weighted by molar-refractivity contribution is 5.33. The first kappa shape index (κ1) is 14.0. The molecule has 1 aromatic heterocycles. The highest BCUT2D eigenvalue weighted by atomic mass is 16.5. The third kappa shape index (κ3) is 3.81. The largest absolute Gasteiger partial charge is 0.478 e. The zero-order valence-corrected chi connectivity index (χ0v) is 11.4. The fourth-order valence-electron chi connectivity index (χ4n) is 1.91. The van der Waals surface area contributed by atoms with E-state index in [1.807, 2.05) is 48.7 Å². The van der Waals surface area contributed by atoms with Gasteiger partial charge in [-0.15, -0.1) is 0 Å². The van der Waals surface area contributed by atoms with Crippen molar-refractivity contribution in [1.82, 2.24) is 10.3 Å². The van der Waals surface area contributed by atoms with E-state index in [0.29, 0.717) is 6.54 Å². The van der Waals surface area contributed by atoms with Crippen molar-refractivity contribution in [2.45, 2.75) is 19.5 Å². The van der Waals surface area contributed by atoms with Gasteiger partial charge in [0, 0.05) is 30.5 Å². The Balaban J connectivity index is 1.99. The summed E-state index contributed by atoms with van der Waals surface area (Å²) in [6.45, 7) is 2.84. The van der Waals surface area contributed by atoms with Crippen LogP contribution in [0.3, 0.4) is 0 Å². The summed E-state index contributed by atoms with van der Waals surface area (Å²) in [5.74, 6) is 0.750. The minimum Gasteiger partial charge on any atom is -0.478 e. The average Bonchev–Trinajstić information content (AvgIpc) is 2.52. The van der Waals surface area contributed by atoms with Crippen LogP contribution in [-0.4, -0.2) is 11.6 Å². The highest BCUT2D eigenvalue weighted by Gasteiger charge is 2.07. The topological polar surface area (TPSA) is 57.9 Å². The summed E-state index contributed by atoms with van der Waals surface area (Å²) in [6.07, 6.45) is 3.62. The number of aromatic nitrogens is 1. The molecule has 0 saturated carbocycles. The van der Waals surface area contributed by atoms with E-state index < -0.39 is 0 Å². The van der Waals surface area contributed by atoms with E-state index >= 15 is 0 Å². The molecule has 0 aliphatic carbocycles. The van der Waals surface area contributed by atoms with Crippen molar-refractivity contribution < 1.29 is 4.74 Å². The van der Waals surface area contributed by atoms with Crippen molar-refractivity contribution in [3.63, 3.8) is 0 Å². The lowest BCUT2D eigenvalue weighted by Crippen LogP contribution is -2.18. The van der Waals surface area contributed by atoms with Crippen LogP contribution in [0.15, 0.2) is 48.8 Å². The zero-order valence-electron chi connectivity index (χ0n) is 11.4. The minimum atomic E-state index is 0.0647. The SMILES string of the molecule is C[C@H](NCc1ccccc1OCC#N)c1cccnc1. The summed E-state index contributed by atoms with van der Waals surface area (Å²) >= 11 is 0. The lowest BCUT2D eigenvalue weighted by molar-refractivity contribution is 0.361. The average molecular weight is 267 g/mol. The van der Waals surface area contributed by atoms with Gasteiger partial charge >= 0.3 is 0 Å². The van der Waals surface area contributed by atoms with Gasteiger partial charge < -0.3 is 10.1 Å². The lowest BCUT2D eigenvalue weighted by Gasteiger charge is -2.15. The summed E-state index contributed by atoms with van der Waals surface area (Å²) in [5.41, 5.74) is 2.18. The summed E-state index contributed by atoms with van der Waals surface area (Å²) in [6, 6.07) is 13.9. The Morgan fingerprint density at radius 2 is 2.15 bits per heavy atom. The third-order valence-corrected chi connectivity index (χ3v) is 3.05. The summed E-state index contributed by atoms with van der Waals surface area (Å²) in [7, 11) is 0. The molecule has 0 aliphatic rings. The van der Waals surface area contributed by atoms with Crippen molar-refractivity contribution in [3.05, 3.63) is 59.9 Å². The van der Waals surface area contributed by atoms with E-state index in [2.05, 4.69) is 17.2 Å². The van der Waals surface area contributed by atoms with Gasteiger partial charge in [-0.25, -0.2) is 0 Å². The van der Waals surface area contributed by atoms with E-state index in [4.69, 9.17) is 10.00 Å². The second-order valence-electron chi connectivity index (χ2n) is 4.44. The first-order valence-corrected chi connectivity index (χ1v) is 6.52. The predicted molar refractivity (Wildman–Crippen MR) is 77.0 cm³/mol. The molecule has 4 heteroatoms. The van der Waals surface area contributed by atoms with Crippen molar-refractivity contribution in [3.8, 4) is 11.8 Å². The second kappa shape index (κ2) is 7.27. The number of nitrogens with zero attached hydrogens (tertiary/aromatic N) is 2. The van der Waals surface area contributed by atoms with Crippen LogP contribution in [0.4, 0.5) is 0 Å². The molecule has 0 fully saturated rings. The first-order chi connectivity index (χ1) is 9.81. The van der Waals surface area contributed by atoms with E-state index in [-0.39, 0.29) is 12.6 Å². The van der Waals surface area contributed by atoms with Crippen LogP contribution in [0.1, 0.15) is 24.1 Å². The fourth-order valence-corrected chi connectivity index (χ4v) is 1.91. The molecule has 1 aromatic carbocycles. The number of hydrogen-bond donors (Lipinski definition) is 1. The lowest BCUT2D eigenvalue weighted by atomic mass is 10.1. The Hall–Kier alpha value is -2.38. The van der Waals surface area contributed by atoms with Gasteiger partial charge in [0.05, 0.1) is 0 Å². The number of benzene rings is 1. The summed E-state index contributed by atoms with van der Waals surface area (Å²) in [4.78, 5) is 4.12. The molecule has 0 radical (unpaired) electrons. The van der Waals surface area contributed by atoms with Gasteiger partial charge in [0.2, 0.25) is 0 Å². The van der Waals surface area contributed by atoms with Crippen LogP contribution < -0.4 is 10.1 Å². The number of nitriles is 1. The van der Waals surface area contributed by atoms with Crippen LogP contribution in [0.25, 0.3) is 0 Å². The predicted octanol–water partition coefficient (Wildman–Crippen LogP) is 2.83.